The Labute approximate surface area is 128 Å². The van der Waals surface area contributed by atoms with Crippen LogP contribution in [0.1, 0.15) is 39.2 Å². The molecular weight excluding hydrogens is 262 g/mol. The molecule has 1 N–H and O–H groups in total. The maximum atomic E-state index is 5.73. The molecule has 0 aliphatic carbocycles. The maximum absolute atomic E-state index is 5.73. The molecule has 4 heteroatoms. The van der Waals surface area contributed by atoms with E-state index in [0.29, 0.717) is 6.54 Å². The topological polar surface area (TPSA) is 36.9 Å². The Morgan fingerprint density at radius 3 is 2.76 bits per heavy atom. The third-order valence-electron chi connectivity index (χ3n) is 3.42. The van der Waals surface area contributed by atoms with Crippen molar-refractivity contribution in [3.63, 3.8) is 0 Å². The van der Waals surface area contributed by atoms with E-state index in [2.05, 4.69) is 29.3 Å². The van der Waals surface area contributed by atoms with Crippen molar-refractivity contribution in [2.45, 2.75) is 46.3 Å². The molecule has 1 fully saturated rings. The summed E-state index contributed by atoms with van der Waals surface area (Å²) in [6, 6.07) is 8.21. The monoisotopic (exact) mass is 289 g/mol. The number of guanidine groups is 1. The van der Waals surface area contributed by atoms with Crippen molar-refractivity contribution in [1.29, 1.82) is 0 Å². The summed E-state index contributed by atoms with van der Waals surface area (Å²) in [5.41, 5.74) is 1.18. The van der Waals surface area contributed by atoms with E-state index < -0.39 is 0 Å². The molecule has 1 aliphatic rings. The summed E-state index contributed by atoms with van der Waals surface area (Å²) in [5.74, 6) is 1.95. The average Bonchev–Trinajstić information content (AvgIpc) is 2.97. The molecule has 1 heterocycles. The normalized spacial score (nSPS) is 15.6. The lowest BCUT2D eigenvalue weighted by Gasteiger charge is -2.20. The number of benzene rings is 1. The van der Waals surface area contributed by atoms with Gasteiger partial charge in [0.2, 0.25) is 0 Å². The van der Waals surface area contributed by atoms with E-state index in [1.54, 1.807) is 0 Å². The van der Waals surface area contributed by atoms with Gasteiger partial charge in [0.05, 0.1) is 12.6 Å². The summed E-state index contributed by atoms with van der Waals surface area (Å²) in [6.07, 6.45) is 2.73. The lowest BCUT2D eigenvalue weighted by molar-refractivity contribution is 0.242. The van der Waals surface area contributed by atoms with Gasteiger partial charge in [0.25, 0.3) is 0 Å². The standard InChI is InChI=1S/C17H27N3O/c1-4-18-17(20-10-5-6-11-20)19-13-15-8-7-9-16(12-15)21-14(2)3/h7-9,12,14H,4-6,10-11,13H2,1-3H3,(H,18,19). The fourth-order valence-corrected chi connectivity index (χ4v) is 2.51. The number of rotatable bonds is 5. The molecule has 21 heavy (non-hydrogen) atoms. The number of hydrogen-bond acceptors (Lipinski definition) is 2. The molecule has 2 rings (SSSR count). The fourth-order valence-electron chi connectivity index (χ4n) is 2.51. The number of ether oxygens (including phenoxy) is 1. The largest absolute Gasteiger partial charge is 0.491 e. The minimum atomic E-state index is 0.200. The Kier molecular flexibility index (Phi) is 5.90. The lowest BCUT2D eigenvalue weighted by atomic mass is 10.2. The molecule has 0 saturated carbocycles. The molecule has 1 aromatic rings. The molecule has 0 radical (unpaired) electrons. The van der Waals surface area contributed by atoms with E-state index in [4.69, 9.17) is 9.73 Å². The molecule has 0 amide bonds. The predicted molar refractivity (Wildman–Crippen MR) is 87.8 cm³/mol. The fraction of sp³-hybridized carbons (Fsp3) is 0.588. The molecule has 1 saturated heterocycles. The summed E-state index contributed by atoms with van der Waals surface area (Å²) < 4.78 is 5.73. The Bertz CT molecular complexity index is 465. The highest BCUT2D eigenvalue weighted by molar-refractivity contribution is 5.80. The van der Waals surface area contributed by atoms with E-state index >= 15 is 0 Å². The maximum Gasteiger partial charge on any atom is 0.194 e. The van der Waals surface area contributed by atoms with E-state index in [1.165, 1.54) is 18.4 Å². The van der Waals surface area contributed by atoms with Crippen LogP contribution in [0.5, 0.6) is 5.75 Å². The second-order valence-electron chi connectivity index (χ2n) is 5.68. The van der Waals surface area contributed by atoms with Gasteiger partial charge in [-0.05, 0) is 51.3 Å². The van der Waals surface area contributed by atoms with Crippen LogP contribution in [-0.4, -0.2) is 36.6 Å². The zero-order valence-electron chi connectivity index (χ0n) is 13.4. The van der Waals surface area contributed by atoms with E-state index in [1.807, 2.05) is 26.0 Å². The molecule has 116 valence electrons. The first kappa shape index (κ1) is 15.7. The third-order valence-corrected chi connectivity index (χ3v) is 3.42. The van der Waals surface area contributed by atoms with Crippen LogP contribution < -0.4 is 10.1 Å². The molecule has 0 aromatic heterocycles. The van der Waals surface area contributed by atoms with Gasteiger partial charge in [0.1, 0.15) is 5.75 Å². The summed E-state index contributed by atoms with van der Waals surface area (Å²) in [7, 11) is 0. The van der Waals surface area contributed by atoms with Crippen LogP contribution in [0.3, 0.4) is 0 Å². The van der Waals surface area contributed by atoms with Crippen molar-refractivity contribution in [3.8, 4) is 5.75 Å². The van der Waals surface area contributed by atoms with Crippen LogP contribution >= 0.6 is 0 Å². The van der Waals surface area contributed by atoms with Crippen molar-refractivity contribution < 1.29 is 4.74 Å². The minimum Gasteiger partial charge on any atom is -0.491 e. The first-order valence-electron chi connectivity index (χ1n) is 7.98. The second-order valence-corrected chi connectivity index (χ2v) is 5.68. The molecule has 0 bridgehead atoms. The molecule has 1 aliphatic heterocycles. The van der Waals surface area contributed by atoms with Crippen LogP contribution in [0, 0.1) is 0 Å². The molecule has 0 spiro atoms. The quantitative estimate of drug-likeness (QED) is 0.668. The van der Waals surface area contributed by atoms with Gasteiger partial charge in [-0.15, -0.1) is 0 Å². The van der Waals surface area contributed by atoms with Gasteiger partial charge in [-0.1, -0.05) is 12.1 Å². The van der Waals surface area contributed by atoms with Crippen LogP contribution in [0.25, 0.3) is 0 Å². The molecule has 0 atom stereocenters. The van der Waals surface area contributed by atoms with E-state index in [-0.39, 0.29) is 6.10 Å². The van der Waals surface area contributed by atoms with Gasteiger partial charge in [-0.25, -0.2) is 4.99 Å². The SMILES string of the molecule is CCNC(=NCc1cccc(OC(C)C)c1)N1CCCC1. The van der Waals surface area contributed by atoms with Crippen molar-refractivity contribution in [3.05, 3.63) is 29.8 Å². The number of nitrogens with one attached hydrogen (secondary N) is 1. The molecule has 1 aromatic carbocycles. The Morgan fingerprint density at radius 2 is 2.10 bits per heavy atom. The lowest BCUT2D eigenvalue weighted by Crippen LogP contribution is -2.39. The van der Waals surface area contributed by atoms with Crippen molar-refractivity contribution in [1.82, 2.24) is 10.2 Å². The Hall–Kier alpha value is -1.71. The van der Waals surface area contributed by atoms with Crippen LogP contribution in [0.4, 0.5) is 0 Å². The minimum absolute atomic E-state index is 0.200. The summed E-state index contributed by atoms with van der Waals surface area (Å²) >= 11 is 0. The summed E-state index contributed by atoms with van der Waals surface area (Å²) in [5, 5.41) is 3.39. The van der Waals surface area contributed by atoms with Gasteiger partial charge < -0.3 is 15.0 Å². The highest BCUT2D eigenvalue weighted by atomic mass is 16.5. The van der Waals surface area contributed by atoms with Gasteiger partial charge in [0.15, 0.2) is 5.96 Å². The molecular formula is C17H27N3O. The highest BCUT2D eigenvalue weighted by Gasteiger charge is 2.15. The zero-order chi connectivity index (χ0) is 15.1. The molecule has 0 unspecified atom stereocenters. The first-order chi connectivity index (χ1) is 10.2. The average molecular weight is 289 g/mol. The van der Waals surface area contributed by atoms with Crippen LogP contribution in [0.2, 0.25) is 0 Å². The Morgan fingerprint density at radius 1 is 1.33 bits per heavy atom. The molecule has 4 nitrogen and oxygen atoms in total. The second kappa shape index (κ2) is 7.91. The first-order valence-corrected chi connectivity index (χ1v) is 7.98. The highest BCUT2D eigenvalue weighted by Crippen LogP contribution is 2.16. The van der Waals surface area contributed by atoms with E-state index in [9.17, 15) is 0 Å². The van der Waals surface area contributed by atoms with Crippen molar-refractivity contribution in [2.75, 3.05) is 19.6 Å². The third kappa shape index (κ3) is 4.96. The van der Waals surface area contributed by atoms with Gasteiger partial charge >= 0.3 is 0 Å². The number of likely N-dealkylation sites (tertiary alicyclic amines) is 1. The van der Waals surface area contributed by atoms with Gasteiger partial charge in [-0.2, -0.15) is 0 Å². The van der Waals surface area contributed by atoms with Gasteiger partial charge in [-0.3, -0.25) is 0 Å². The summed E-state index contributed by atoms with van der Waals surface area (Å²) in [4.78, 5) is 7.11. The predicted octanol–water partition coefficient (Wildman–Crippen LogP) is 3.04. The number of aliphatic imine (C=N–C) groups is 1. The Balaban J connectivity index is 2.02. The van der Waals surface area contributed by atoms with Gasteiger partial charge in [0, 0.05) is 19.6 Å². The number of hydrogen-bond donors (Lipinski definition) is 1. The van der Waals surface area contributed by atoms with E-state index in [0.717, 1.165) is 31.3 Å². The van der Waals surface area contributed by atoms with Crippen LogP contribution in [-0.2, 0) is 6.54 Å². The summed E-state index contributed by atoms with van der Waals surface area (Å²) in [6.45, 7) is 10.0. The smallest absolute Gasteiger partial charge is 0.194 e. The van der Waals surface area contributed by atoms with Crippen LogP contribution in [0.15, 0.2) is 29.3 Å². The zero-order valence-corrected chi connectivity index (χ0v) is 13.4. The van der Waals surface area contributed by atoms with Crippen molar-refractivity contribution >= 4 is 5.96 Å². The number of nitrogens with zero attached hydrogens (tertiary/aromatic N) is 2. The van der Waals surface area contributed by atoms with Crippen molar-refractivity contribution in [2.24, 2.45) is 4.99 Å².